The molecule has 0 radical (unpaired) electrons. The minimum Gasteiger partial charge on any atom is -0.352 e. The minimum atomic E-state index is -0.592. The zero-order chi connectivity index (χ0) is 25.3. The summed E-state index contributed by atoms with van der Waals surface area (Å²) in [6.45, 7) is 2.41. The lowest BCUT2D eigenvalue weighted by Crippen LogP contribution is -2.53. The number of rotatable bonds is 9. The van der Waals surface area contributed by atoms with Gasteiger partial charge in [0.05, 0.1) is 6.42 Å². The Bertz CT molecular complexity index is 1160. The van der Waals surface area contributed by atoms with Gasteiger partial charge >= 0.3 is 0 Å². The van der Waals surface area contributed by atoms with Crippen LogP contribution < -0.4 is 5.32 Å². The van der Waals surface area contributed by atoms with Gasteiger partial charge in [0.25, 0.3) is 0 Å². The third kappa shape index (κ3) is 7.54. The summed E-state index contributed by atoms with van der Waals surface area (Å²) >= 11 is 3.55. The molecule has 2 amide bonds. The molecule has 1 atom stereocenters. The number of nitrogens with zero attached hydrogens (tertiary/aromatic N) is 1. The Hall–Kier alpha value is -2.92. The molecule has 4 nitrogen and oxygen atoms in total. The van der Waals surface area contributed by atoms with Gasteiger partial charge in [-0.3, -0.25) is 9.59 Å². The van der Waals surface area contributed by atoms with Crippen molar-refractivity contribution in [1.29, 1.82) is 0 Å². The molecule has 3 aromatic rings. The number of carbonyl (C=O) groups excluding carboxylic acids is 2. The lowest BCUT2D eigenvalue weighted by Gasteiger charge is -2.33. The van der Waals surface area contributed by atoms with Gasteiger partial charge < -0.3 is 10.2 Å². The molecule has 0 heterocycles. The minimum absolute atomic E-state index is 0.0414. The summed E-state index contributed by atoms with van der Waals surface area (Å²) in [5.74, 6) is -0.0985. The Morgan fingerprint density at radius 3 is 2.31 bits per heavy atom. The van der Waals surface area contributed by atoms with Gasteiger partial charge in [-0.2, -0.15) is 0 Å². The van der Waals surface area contributed by atoms with Gasteiger partial charge in [0, 0.05) is 23.5 Å². The van der Waals surface area contributed by atoms with E-state index in [4.69, 9.17) is 0 Å². The van der Waals surface area contributed by atoms with Crippen molar-refractivity contribution in [3.8, 4) is 0 Å². The molecule has 1 fully saturated rings. The smallest absolute Gasteiger partial charge is 0.243 e. The first-order chi connectivity index (χ1) is 17.5. The summed E-state index contributed by atoms with van der Waals surface area (Å²) in [7, 11) is 0. The maximum Gasteiger partial charge on any atom is 0.243 e. The molecule has 0 bridgehead atoms. The number of nitrogens with one attached hydrogen (secondary N) is 1. The Morgan fingerprint density at radius 1 is 0.889 bits per heavy atom. The molecule has 0 aliphatic heterocycles. The second kappa shape index (κ2) is 12.9. The average Bonchev–Trinajstić information content (AvgIpc) is 2.87. The lowest BCUT2D eigenvalue weighted by molar-refractivity contribution is -0.141. The molecule has 0 unspecified atom stereocenters. The molecular weight excluding hydrogens is 512 g/mol. The van der Waals surface area contributed by atoms with E-state index in [2.05, 4.69) is 21.2 Å². The van der Waals surface area contributed by atoms with E-state index >= 15 is 0 Å². The van der Waals surface area contributed by atoms with Gasteiger partial charge in [0.15, 0.2) is 0 Å². The SMILES string of the molecule is Cc1cccc(CC(=O)N(Cc2cccc(Br)c2)[C@H](Cc2ccccc2)C(=O)NC2CCCCC2)c1. The fourth-order valence-electron chi connectivity index (χ4n) is 5.03. The van der Waals surface area contributed by atoms with E-state index in [0.29, 0.717) is 13.0 Å². The summed E-state index contributed by atoms with van der Waals surface area (Å²) < 4.78 is 0.956. The van der Waals surface area contributed by atoms with Crippen LogP contribution in [0.1, 0.15) is 54.4 Å². The van der Waals surface area contributed by atoms with E-state index in [1.54, 1.807) is 4.90 Å². The van der Waals surface area contributed by atoms with Crippen LogP contribution in [0.25, 0.3) is 0 Å². The van der Waals surface area contributed by atoms with E-state index in [1.807, 2.05) is 85.8 Å². The third-order valence-corrected chi connectivity index (χ3v) is 7.40. The van der Waals surface area contributed by atoms with Crippen LogP contribution in [-0.4, -0.2) is 28.8 Å². The van der Waals surface area contributed by atoms with Crippen molar-refractivity contribution in [2.45, 2.75) is 70.5 Å². The number of halogens is 1. The number of hydrogen-bond donors (Lipinski definition) is 1. The van der Waals surface area contributed by atoms with Crippen LogP contribution in [0.2, 0.25) is 0 Å². The van der Waals surface area contributed by atoms with Crippen molar-refractivity contribution >= 4 is 27.7 Å². The van der Waals surface area contributed by atoms with Crippen LogP contribution in [0.5, 0.6) is 0 Å². The molecular formula is C31H35BrN2O2. The van der Waals surface area contributed by atoms with Crippen LogP contribution >= 0.6 is 15.9 Å². The van der Waals surface area contributed by atoms with Crippen LogP contribution in [0.15, 0.2) is 83.3 Å². The Labute approximate surface area is 223 Å². The fraction of sp³-hybridized carbons (Fsp3) is 0.355. The molecule has 1 aliphatic rings. The zero-order valence-electron chi connectivity index (χ0n) is 21.0. The molecule has 1 saturated carbocycles. The highest BCUT2D eigenvalue weighted by Gasteiger charge is 2.32. The summed E-state index contributed by atoms with van der Waals surface area (Å²) in [5.41, 5.74) is 4.12. The van der Waals surface area contributed by atoms with Crippen LogP contribution in [0, 0.1) is 6.92 Å². The molecule has 1 aliphatic carbocycles. The number of amides is 2. The van der Waals surface area contributed by atoms with Gasteiger partial charge in [-0.25, -0.2) is 0 Å². The van der Waals surface area contributed by atoms with E-state index < -0.39 is 6.04 Å². The number of aryl methyl sites for hydroxylation is 1. The summed E-state index contributed by atoms with van der Waals surface area (Å²) in [4.78, 5) is 29.5. The highest BCUT2D eigenvalue weighted by Crippen LogP contribution is 2.21. The van der Waals surface area contributed by atoms with E-state index in [9.17, 15) is 9.59 Å². The van der Waals surface area contributed by atoms with Crippen molar-refractivity contribution in [1.82, 2.24) is 10.2 Å². The fourth-order valence-corrected chi connectivity index (χ4v) is 5.48. The number of carbonyl (C=O) groups is 2. The van der Waals surface area contributed by atoms with Crippen molar-refractivity contribution in [3.63, 3.8) is 0 Å². The average molecular weight is 548 g/mol. The molecule has 5 heteroatoms. The number of hydrogen-bond acceptors (Lipinski definition) is 2. The van der Waals surface area contributed by atoms with Crippen molar-refractivity contribution in [3.05, 3.63) is 106 Å². The zero-order valence-corrected chi connectivity index (χ0v) is 22.5. The second-order valence-electron chi connectivity index (χ2n) is 9.87. The predicted molar refractivity (Wildman–Crippen MR) is 149 cm³/mol. The Morgan fingerprint density at radius 2 is 1.58 bits per heavy atom. The van der Waals surface area contributed by atoms with Gasteiger partial charge in [-0.05, 0) is 48.6 Å². The maximum absolute atomic E-state index is 13.9. The molecule has 188 valence electrons. The Balaban J connectivity index is 1.65. The monoisotopic (exact) mass is 546 g/mol. The van der Waals surface area contributed by atoms with Crippen molar-refractivity contribution in [2.75, 3.05) is 0 Å². The van der Waals surface area contributed by atoms with Gasteiger partial charge in [0.1, 0.15) is 6.04 Å². The standard InChI is InChI=1S/C31H35BrN2O2/c1-23-10-8-13-25(18-23)21-30(35)34(22-26-14-9-15-27(32)19-26)29(20-24-11-4-2-5-12-24)31(36)33-28-16-6-3-7-17-28/h2,4-5,8-15,18-19,28-29H,3,6-7,16-17,20-22H2,1H3,(H,33,36)/t29-/m1/s1. The first kappa shape index (κ1) is 26.2. The molecule has 4 rings (SSSR count). The molecule has 36 heavy (non-hydrogen) atoms. The molecule has 0 aromatic heterocycles. The molecule has 0 saturated heterocycles. The van der Waals surface area contributed by atoms with Crippen LogP contribution in [0.3, 0.4) is 0 Å². The summed E-state index contributed by atoms with van der Waals surface area (Å²) in [5, 5.41) is 3.30. The van der Waals surface area contributed by atoms with Crippen molar-refractivity contribution in [2.24, 2.45) is 0 Å². The highest BCUT2D eigenvalue weighted by molar-refractivity contribution is 9.10. The first-order valence-electron chi connectivity index (χ1n) is 12.9. The second-order valence-corrected chi connectivity index (χ2v) is 10.8. The maximum atomic E-state index is 13.9. The Kier molecular flexibility index (Phi) is 9.35. The largest absolute Gasteiger partial charge is 0.352 e. The number of benzene rings is 3. The van der Waals surface area contributed by atoms with E-state index in [0.717, 1.165) is 52.4 Å². The topological polar surface area (TPSA) is 49.4 Å². The normalized spacial score (nSPS) is 14.7. The van der Waals surface area contributed by atoms with Crippen LogP contribution in [-0.2, 0) is 29.0 Å². The summed E-state index contributed by atoms with van der Waals surface area (Å²) in [6, 6.07) is 25.6. The highest BCUT2D eigenvalue weighted by atomic mass is 79.9. The van der Waals surface area contributed by atoms with E-state index in [-0.39, 0.29) is 24.3 Å². The molecule has 3 aromatic carbocycles. The summed E-state index contributed by atoms with van der Waals surface area (Å²) in [6.07, 6.45) is 6.26. The predicted octanol–water partition coefficient (Wildman–Crippen LogP) is 6.39. The third-order valence-electron chi connectivity index (χ3n) is 6.90. The van der Waals surface area contributed by atoms with Gasteiger partial charge in [0.2, 0.25) is 11.8 Å². The van der Waals surface area contributed by atoms with Crippen molar-refractivity contribution < 1.29 is 9.59 Å². The molecule has 1 N–H and O–H groups in total. The van der Waals surface area contributed by atoms with Crippen LogP contribution in [0.4, 0.5) is 0 Å². The molecule has 0 spiro atoms. The van der Waals surface area contributed by atoms with Gasteiger partial charge in [-0.15, -0.1) is 0 Å². The van der Waals surface area contributed by atoms with Gasteiger partial charge in [-0.1, -0.05) is 107 Å². The first-order valence-corrected chi connectivity index (χ1v) is 13.7. The quantitative estimate of drug-likeness (QED) is 0.338. The van der Waals surface area contributed by atoms with E-state index in [1.165, 1.54) is 6.42 Å². The lowest BCUT2D eigenvalue weighted by atomic mass is 9.94.